The molecule has 0 aliphatic rings. The van der Waals surface area contributed by atoms with Gasteiger partial charge in [-0.05, 0) is 23.2 Å². The molecule has 4 aromatic rings. The lowest BCUT2D eigenvalue weighted by Gasteiger charge is -1.97. The number of fused-ring (bicyclic) bond motifs is 1. The Hall–Kier alpha value is -2.26. The summed E-state index contributed by atoms with van der Waals surface area (Å²) in [6.45, 7) is 0. The van der Waals surface area contributed by atoms with Gasteiger partial charge in [-0.3, -0.25) is 4.68 Å². The van der Waals surface area contributed by atoms with E-state index in [1.165, 1.54) is 18.1 Å². The van der Waals surface area contributed by atoms with Crippen LogP contribution in [0.3, 0.4) is 0 Å². The van der Waals surface area contributed by atoms with Gasteiger partial charge in [0.2, 0.25) is 0 Å². The van der Waals surface area contributed by atoms with E-state index < -0.39 is 0 Å². The molecule has 7 nitrogen and oxygen atoms in total. The molecule has 4 heterocycles. The lowest BCUT2D eigenvalue weighted by Crippen LogP contribution is -1.92. The fourth-order valence-corrected chi connectivity index (χ4v) is 3.22. The Labute approximate surface area is 127 Å². The van der Waals surface area contributed by atoms with Crippen molar-refractivity contribution in [2.45, 2.75) is 10.2 Å². The van der Waals surface area contributed by atoms with Crippen molar-refractivity contribution in [3.8, 4) is 10.8 Å². The van der Waals surface area contributed by atoms with E-state index in [4.69, 9.17) is 4.42 Å². The van der Waals surface area contributed by atoms with Crippen molar-refractivity contribution < 1.29 is 4.42 Å². The van der Waals surface area contributed by atoms with Gasteiger partial charge in [-0.1, -0.05) is 6.07 Å². The molecule has 0 radical (unpaired) electrons. The summed E-state index contributed by atoms with van der Waals surface area (Å²) in [5.74, 6) is 0.518. The minimum absolute atomic E-state index is 0.447. The van der Waals surface area contributed by atoms with Gasteiger partial charge in [-0.25, -0.2) is 9.97 Å². The van der Waals surface area contributed by atoms with Gasteiger partial charge in [-0.2, -0.15) is 5.10 Å². The number of hydrogen-bond acceptors (Lipinski definition) is 8. The van der Waals surface area contributed by atoms with Gasteiger partial charge < -0.3 is 4.42 Å². The molecule has 0 bridgehead atoms. The number of thiophene rings is 1. The molecular formula is C12H8N6OS2. The molecule has 0 amide bonds. The summed E-state index contributed by atoms with van der Waals surface area (Å²) in [5, 5.41) is 16.3. The van der Waals surface area contributed by atoms with Gasteiger partial charge in [0.05, 0.1) is 16.5 Å². The quantitative estimate of drug-likeness (QED) is 0.537. The fourth-order valence-electron chi connectivity index (χ4n) is 1.86. The minimum atomic E-state index is 0.447. The summed E-state index contributed by atoms with van der Waals surface area (Å²) in [6, 6.07) is 3.89. The van der Waals surface area contributed by atoms with E-state index in [2.05, 4.69) is 25.3 Å². The zero-order valence-corrected chi connectivity index (χ0v) is 12.4. The summed E-state index contributed by atoms with van der Waals surface area (Å²) in [6.07, 6.45) is 3.23. The maximum absolute atomic E-state index is 5.65. The van der Waals surface area contributed by atoms with E-state index in [0.717, 1.165) is 20.9 Å². The summed E-state index contributed by atoms with van der Waals surface area (Å²) >= 11 is 2.87. The summed E-state index contributed by atoms with van der Waals surface area (Å²) < 4.78 is 7.35. The third kappa shape index (κ3) is 2.20. The van der Waals surface area contributed by atoms with Crippen LogP contribution in [0, 0.1) is 0 Å². The average Bonchev–Trinajstić information content (AvgIpc) is 3.20. The predicted octanol–water partition coefficient (Wildman–Crippen LogP) is 2.63. The van der Waals surface area contributed by atoms with Crippen LogP contribution < -0.4 is 0 Å². The summed E-state index contributed by atoms with van der Waals surface area (Å²) in [5.41, 5.74) is 0.769. The Morgan fingerprint density at radius 1 is 1.29 bits per heavy atom. The number of hydrogen-bond donors (Lipinski definition) is 0. The van der Waals surface area contributed by atoms with Crippen molar-refractivity contribution >= 4 is 34.1 Å². The van der Waals surface area contributed by atoms with E-state index in [1.807, 2.05) is 24.6 Å². The van der Waals surface area contributed by atoms with Crippen molar-refractivity contribution in [3.63, 3.8) is 0 Å². The SMILES string of the molecule is Cn1ncc2c(Sc3nnc(-c4cccs4)o3)ncnc21. The summed E-state index contributed by atoms with van der Waals surface area (Å²) in [7, 11) is 1.84. The van der Waals surface area contributed by atoms with Crippen LogP contribution in [0.2, 0.25) is 0 Å². The Bertz CT molecular complexity index is 898. The van der Waals surface area contributed by atoms with Crippen molar-refractivity contribution in [1.82, 2.24) is 29.9 Å². The first kappa shape index (κ1) is 12.5. The molecule has 0 aliphatic carbocycles. The molecule has 0 aliphatic heterocycles. The lowest BCUT2D eigenvalue weighted by molar-refractivity contribution is 0.466. The Morgan fingerprint density at radius 3 is 3.10 bits per heavy atom. The van der Waals surface area contributed by atoms with Crippen LogP contribution in [0.15, 0.2) is 44.7 Å². The normalized spacial score (nSPS) is 11.3. The highest BCUT2D eigenvalue weighted by Crippen LogP contribution is 2.32. The molecule has 0 saturated heterocycles. The molecular weight excluding hydrogens is 308 g/mol. The first-order valence-electron chi connectivity index (χ1n) is 5.99. The van der Waals surface area contributed by atoms with E-state index in [0.29, 0.717) is 11.1 Å². The molecule has 0 saturated carbocycles. The molecule has 0 N–H and O–H groups in total. The van der Waals surface area contributed by atoms with Gasteiger partial charge in [-0.15, -0.1) is 21.5 Å². The molecule has 21 heavy (non-hydrogen) atoms. The minimum Gasteiger partial charge on any atom is -0.410 e. The van der Waals surface area contributed by atoms with Crippen molar-refractivity contribution in [1.29, 1.82) is 0 Å². The van der Waals surface area contributed by atoms with E-state index in [1.54, 1.807) is 22.2 Å². The molecule has 4 rings (SSSR count). The van der Waals surface area contributed by atoms with Crippen LogP contribution in [0.1, 0.15) is 0 Å². The van der Waals surface area contributed by atoms with E-state index >= 15 is 0 Å². The Morgan fingerprint density at radius 2 is 2.24 bits per heavy atom. The first-order valence-corrected chi connectivity index (χ1v) is 7.69. The third-order valence-corrected chi connectivity index (χ3v) is 4.53. The van der Waals surface area contributed by atoms with Gasteiger partial charge in [0, 0.05) is 7.05 Å². The molecule has 104 valence electrons. The van der Waals surface area contributed by atoms with Crippen LogP contribution >= 0.6 is 23.1 Å². The van der Waals surface area contributed by atoms with Crippen LogP contribution in [0.5, 0.6) is 0 Å². The number of rotatable bonds is 3. The van der Waals surface area contributed by atoms with Crippen molar-refractivity contribution in [3.05, 3.63) is 30.0 Å². The van der Waals surface area contributed by atoms with Crippen LogP contribution in [0.25, 0.3) is 21.8 Å². The molecule has 0 unspecified atom stereocenters. The zero-order valence-electron chi connectivity index (χ0n) is 10.8. The first-order chi connectivity index (χ1) is 10.3. The molecule has 0 spiro atoms. The Balaban J connectivity index is 1.69. The highest BCUT2D eigenvalue weighted by Gasteiger charge is 2.14. The second-order valence-electron chi connectivity index (χ2n) is 4.14. The summed E-state index contributed by atoms with van der Waals surface area (Å²) in [4.78, 5) is 9.41. The zero-order chi connectivity index (χ0) is 14.2. The fraction of sp³-hybridized carbons (Fsp3) is 0.0833. The topological polar surface area (TPSA) is 82.5 Å². The molecule has 0 aromatic carbocycles. The largest absolute Gasteiger partial charge is 0.410 e. The highest BCUT2D eigenvalue weighted by atomic mass is 32.2. The monoisotopic (exact) mass is 316 g/mol. The number of aryl methyl sites for hydroxylation is 1. The van der Waals surface area contributed by atoms with Gasteiger partial charge in [0.15, 0.2) is 5.65 Å². The van der Waals surface area contributed by atoms with Crippen molar-refractivity contribution in [2.75, 3.05) is 0 Å². The molecule has 0 atom stereocenters. The van der Waals surface area contributed by atoms with E-state index in [9.17, 15) is 0 Å². The maximum Gasteiger partial charge on any atom is 0.283 e. The second kappa shape index (κ2) is 4.93. The number of nitrogens with zero attached hydrogens (tertiary/aromatic N) is 6. The molecule has 4 aromatic heterocycles. The van der Waals surface area contributed by atoms with Gasteiger partial charge in [0.25, 0.3) is 11.1 Å². The second-order valence-corrected chi connectivity index (χ2v) is 6.02. The molecule has 9 heteroatoms. The smallest absolute Gasteiger partial charge is 0.283 e. The van der Waals surface area contributed by atoms with Crippen LogP contribution in [0.4, 0.5) is 0 Å². The van der Waals surface area contributed by atoms with Crippen molar-refractivity contribution in [2.24, 2.45) is 7.05 Å². The highest BCUT2D eigenvalue weighted by molar-refractivity contribution is 7.99. The average molecular weight is 316 g/mol. The molecule has 0 fully saturated rings. The predicted molar refractivity (Wildman–Crippen MR) is 78.0 cm³/mol. The van der Waals surface area contributed by atoms with Gasteiger partial charge >= 0.3 is 0 Å². The van der Waals surface area contributed by atoms with E-state index in [-0.39, 0.29) is 0 Å². The van der Waals surface area contributed by atoms with Crippen LogP contribution in [-0.4, -0.2) is 29.9 Å². The van der Waals surface area contributed by atoms with Crippen LogP contribution in [-0.2, 0) is 7.05 Å². The number of aromatic nitrogens is 6. The van der Waals surface area contributed by atoms with Gasteiger partial charge in [0.1, 0.15) is 11.4 Å². The standard InChI is InChI=1S/C12H8N6OS2/c1-18-9-7(5-15-18)11(14-6-13-9)21-12-17-16-10(19-12)8-3-2-4-20-8/h2-6H,1H3. The third-order valence-electron chi connectivity index (χ3n) is 2.82. The Kier molecular flexibility index (Phi) is 2.93. The lowest BCUT2D eigenvalue weighted by atomic mass is 10.4. The maximum atomic E-state index is 5.65.